The second-order valence-electron chi connectivity index (χ2n) is 5.45. The summed E-state index contributed by atoms with van der Waals surface area (Å²) in [6.07, 6.45) is 4.62. The molecule has 0 aromatic heterocycles. The van der Waals surface area contributed by atoms with Crippen molar-refractivity contribution in [3.63, 3.8) is 0 Å². The lowest BCUT2D eigenvalue weighted by atomic mass is 9.98. The Bertz CT molecular complexity index is 222. The number of hydrogen-bond donors (Lipinski definition) is 2. The lowest BCUT2D eigenvalue weighted by Crippen LogP contribution is -2.48. The van der Waals surface area contributed by atoms with Gasteiger partial charge in [-0.3, -0.25) is 4.90 Å². The van der Waals surface area contributed by atoms with Gasteiger partial charge in [-0.1, -0.05) is 20.8 Å². The van der Waals surface area contributed by atoms with E-state index in [9.17, 15) is 5.11 Å². The molecule has 17 heavy (non-hydrogen) atoms. The maximum atomic E-state index is 9.63. The normalized spacial score (nSPS) is 31.1. The number of rotatable bonds is 7. The first kappa shape index (κ1) is 14.9. The van der Waals surface area contributed by atoms with Gasteiger partial charge in [-0.15, -0.1) is 0 Å². The summed E-state index contributed by atoms with van der Waals surface area (Å²) in [5.74, 6) is 0. The Labute approximate surface area is 107 Å². The zero-order valence-electron chi connectivity index (χ0n) is 12.0. The van der Waals surface area contributed by atoms with Crippen LogP contribution in [0.5, 0.6) is 0 Å². The Morgan fingerprint density at radius 1 is 1.41 bits per heavy atom. The fourth-order valence-electron chi connectivity index (χ4n) is 3.28. The van der Waals surface area contributed by atoms with Crippen molar-refractivity contribution in [2.75, 3.05) is 19.7 Å². The van der Waals surface area contributed by atoms with E-state index < -0.39 is 0 Å². The van der Waals surface area contributed by atoms with Crippen LogP contribution in [-0.4, -0.2) is 47.3 Å². The second kappa shape index (κ2) is 6.72. The zero-order chi connectivity index (χ0) is 12.9. The van der Waals surface area contributed by atoms with E-state index in [1.54, 1.807) is 0 Å². The maximum Gasteiger partial charge on any atom is 0.0613 e. The van der Waals surface area contributed by atoms with Crippen molar-refractivity contribution in [1.82, 2.24) is 10.2 Å². The van der Waals surface area contributed by atoms with Crippen LogP contribution < -0.4 is 5.32 Å². The molecule has 102 valence electrons. The van der Waals surface area contributed by atoms with E-state index in [2.05, 4.69) is 37.9 Å². The third kappa shape index (κ3) is 3.43. The number of nitrogens with one attached hydrogen (secondary N) is 1. The molecule has 3 unspecified atom stereocenters. The molecule has 3 atom stereocenters. The van der Waals surface area contributed by atoms with Crippen LogP contribution in [0, 0.1) is 0 Å². The molecule has 0 heterocycles. The predicted molar refractivity (Wildman–Crippen MR) is 73.3 cm³/mol. The van der Waals surface area contributed by atoms with Crippen molar-refractivity contribution in [2.45, 2.75) is 71.0 Å². The highest BCUT2D eigenvalue weighted by Crippen LogP contribution is 2.33. The first-order chi connectivity index (χ1) is 8.12. The molecule has 1 aliphatic carbocycles. The van der Waals surface area contributed by atoms with Gasteiger partial charge < -0.3 is 10.4 Å². The average Bonchev–Trinajstić information content (AvgIpc) is 2.75. The van der Waals surface area contributed by atoms with Gasteiger partial charge in [0.2, 0.25) is 0 Å². The number of hydrogen-bond acceptors (Lipinski definition) is 3. The molecule has 1 fully saturated rings. The van der Waals surface area contributed by atoms with Gasteiger partial charge in [0, 0.05) is 17.6 Å². The number of likely N-dealkylation sites (N-methyl/N-ethyl adjacent to an activating group) is 1. The lowest BCUT2D eigenvalue weighted by Gasteiger charge is -2.35. The molecule has 0 aliphatic heterocycles. The summed E-state index contributed by atoms with van der Waals surface area (Å²) in [5.41, 5.74) is -0.0136. The van der Waals surface area contributed by atoms with Crippen molar-refractivity contribution >= 4 is 0 Å². The number of aliphatic hydroxyl groups excluding tert-OH is 1. The van der Waals surface area contributed by atoms with Crippen LogP contribution in [0.25, 0.3) is 0 Å². The third-order valence-corrected chi connectivity index (χ3v) is 4.43. The van der Waals surface area contributed by atoms with E-state index in [1.807, 2.05) is 0 Å². The standard InChI is InChI=1S/C14H30N2O/c1-5-12(4)16(7-3)13-8-9-14(10-13,11-17)15-6-2/h12-13,15,17H,5-11H2,1-4H3. The Morgan fingerprint density at radius 3 is 2.59 bits per heavy atom. The molecule has 3 heteroatoms. The van der Waals surface area contributed by atoms with Crippen LogP contribution in [0.2, 0.25) is 0 Å². The summed E-state index contributed by atoms with van der Waals surface area (Å²) >= 11 is 0. The molecule has 0 aromatic rings. The minimum Gasteiger partial charge on any atom is -0.394 e. The van der Waals surface area contributed by atoms with Gasteiger partial charge in [0.15, 0.2) is 0 Å². The Balaban J connectivity index is 2.63. The van der Waals surface area contributed by atoms with Gasteiger partial charge >= 0.3 is 0 Å². The van der Waals surface area contributed by atoms with Crippen molar-refractivity contribution in [2.24, 2.45) is 0 Å². The van der Waals surface area contributed by atoms with Gasteiger partial charge in [-0.05, 0) is 45.7 Å². The molecular formula is C14H30N2O. The number of nitrogens with zero attached hydrogens (tertiary/aromatic N) is 1. The minimum absolute atomic E-state index is 0.0136. The van der Waals surface area contributed by atoms with Crippen molar-refractivity contribution < 1.29 is 5.11 Å². The molecule has 3 nitrogen and oxygen atoms in total. The smallest absolute Gasteiger partial charge is 0.0613 e. The largest absolute Gasteiger partial charge is 0.394 e. The van der Waals surface area contributed by atoms with Crippen LogP contribution in [0.3, 0.4) is 0 Å². The highest BCUT2D eigenvalue weighted by atomic mass is 16.3. The molecule has 0 saturated heterocycles. The van der Waals surface area contributed by atoms with Crippen molar-refractivity contribution in [3.8, 4) is 0 Å². The third-order valence-electron chi connectivity index (χ3n) is 4.43. The molecule has 0 radical (unpaired) electrons. The monoisotopic (exact) mass is 242 g/mol. The highest BCUT2D eigenvalue weighted by molar-refractivity contribution is 4.99. The molecule has 0 bridgehead atoms. The van der Waals surface area contributed by atoms with Gasteiger partial charge in [-0.25, -0.2) is 0 Å². The Hall–Kier alpha value is -0.120. The topological polar surface area (TPSA) is 35.5 Å². The molecule has 1 rings (SSSR count). The fourth-order valence-corrected chi connectivity index (χ4v) is 3.28. The second-order valence-corrected chi connectivity index (χ2v) is 5.45. The summed E-state index contributed by atoms with van der Waals surface area (Å²) in [6, 6.07) is 1.29. The first-order valence-corrected chi connectivity index (χ1v) is 7.24. The Kier molecular flexibility index (Phi) is 5.90. The van der Waals surface area contributed by atoms with Crippen LogP contribution in [0.15, 0.2) is 0 Å². The Morgan fingerprint density at radius 2 is 2.12 bits per heavy atom. The highest BCUT2D eigenvalue weighted by Gasteiger charge is 2.40. The summed E-state index contributed by atoms with van der Waals surface area (Å²) in [4.78, 5) is 2.61. The predicted octanol–water partition coefficient (Wildman–Crippen LogP) is 2.00. The summed E-state index contributed by atoms with van der Waals surface area (Å²) < 4.78 is 0. The molecular weight excluding hydrogens is 212 g/mol. The molecule has 1 saturated carbocycles. The molecule has 0 spiro atoms. The van der Waals surface area contributed by atoms with E-state index >= 15 is 0 Å². The SMILES string of the molecule is CCNC1(CO)CCC(N(CC)C(C)CC)C1. The average molecular weight is 242 g/mol. The quantitative estimate of drug-likeness (QED) is 0.717. The fraction of sp³-hybridized carbons (Fsp3) is 1.00. The van der Waals surface area contributed by atoms with Crippen molar-refractivity contribution in [1.29, 1.82) is 0 Å². The van der Waals surface area contributed by atoms with Crippen LogP contribution in [0.1, 0.15) is 53.4 Å². The van der Waals surface area contributed by atoms with Crippen molar-refractivity contribution in [3.05, 3.63) is 0 Å². The summed E-state index contributed by atoms with van der Waals surface area (Å²) in [7, 11) is 0. The summed E-state index contributed by atoms with van der Waals surface area (Å²) in [5, 5.41) is 13.1. The van der Waals surface area contributed by atoms with Crippen LogP contribution in [0.4, 0.5) is 0 Å². The van der Waals surface area contributed by atoms with Gasteiger partial charge in [0.25, 0.3) is 0 Å². The van der Waals surface area contributed by atoms with Gasteiger partial charge in [0.1, 0.15) is 0 Å². The lowest BCUT2D eigenvalue weighted by molar-refractivity contribution is 0.123. The van der Waals surface area contributed by atoms with Crippen LogP contribution >= 0.6 is 0 Å². The van der Waals surface area contributed by atoms with E-state index in [4.69, 9.17) is 0 Å². The van der Waals surface area contributed by atoms with E-state index in [-0.39, 0.29) is 12.1 Å². The zero-order valence-corrected chi connectivity index (χ0v) is 12.0. The minimum atomic E-state index is -0.0136. The molecule has 2 N–H and O–H groups in total. The molecule has 0 amide bonds. The van der Waals surface area contributed by atoms with E-state index in [1.165, 1.54) is 12.8 Å². The molecule has 0 aromatic carbocycles. The maximum absolute atomic E-state index is 9.63. The van der Waals surface area contributed by atoms with E-state index in [0.717, 1.165) is 25.9 Å². The van der Waals surface area contributed by atoms with Gasteiger partial charge in [0.05, 0.1) is 6.61 Å². The van der Waals surface area contributed by atoms with E-state index in [0.29, 0.717) is 12.1 Å². The van der Waals surface area contributed by atoms with Gasteiger partial charge in [-0.2, -0.15) is 0 Å². The number of aliphatic hydroxyl groups is 1. The van der Waals surface area contributed by atoms with Crippen LogP contribution in [-0.2, 0) is 0 Å². The first-order valence-electron chi connectivity index (χ1n) is 7.24. The summed E-state index contributed by atoms with van der Waals surface area (Å²) in [6.45, 7) is 11.3. The molecule has 1 aliphatic rings.